The number of rotatable bonds is 2. The average Bonchev–Trinajstić information content (AvgIpc) is 2.76. The highest BCUT2D eigenvalue weighted by Crippen LogP contribution is 2.35. The van der Waals surface area contributed by atoms with Crippen LogP contribution < -0.4 is 11.1 Å². The minimum absolute atomic E-state index is 0.398. The van der Waals surface area contributed by atoms with Gasteiger partial charge in [-0.05, 0) is 12.8 Å². The van der Waals surface area contributed by atoms with Gasteiger partial charge in [0, 0.05) is 19.4 Å². The first-order chi connectivity index (χ1) is 7.99. The maximum absolute atomic E-state index is 11.9. The number of aliphatic carboxylic acids is 1. The van der Waals surface area contributed by atoms with Crippen molar-refractivity contribution in [2.75, 3.05) is 0 Å². The highest BCUT2D eigenvalue weighted by molar-refractivity contribution is 5.77. The molecule has 2 rings (SSSR count). The molecule has 0 aromatic carbocycles. The van der Waals surface area contributed by atoms with Crippen LogP contribution in [-0.2, 0) is 17.4 Å². The van der Waals surface area contributed by atoms with Crippen LogP contribution >= 0.6 is 0 Å². The second-order valence-corrected chi connectivity index (χ2v) is 4.43. The van der Waals surface area contributed by atoms with E-state index in [1.807, 2.05) is 0 Å². The largest absolute Gasteiger partial charge is 0.479 e. The highest BCUT2D eigenvalue weighted by atomic mass is 16.4. The van der Waals surface area contributed by atoms with Crippen molar-refractivity contribution in [2.24, 2.45) is 7.05 Å². The van der Waals surface area contributed by atoms with Crippen molar-refractivity contribution >= 4 is 5.97 Å². The minimum atomic E-state index is -1.23. The Morgan fingerprint density at radius 2 is 1.82 bits per heavy atom. The van der Waals surface area contributed by atoms with E-state index in [0.29, 0.717) is 12.8 Å². The van der Waals surface area contributed by atoms with E-state index in [4.69, 9.17) is 0 Å². The molecule has 1 saturated carbocycles. The van der Waals surface area contributed by atoms with E-state index < -0.39 is 22.6 Å². The van der Waals surface area contributed by atoms with Gasteiger partial charge in [-0.25, -0.2) is 4.79 Å². The third-order valence-electron chi connectivity index (χ3n) is 3.45. The predicted octanol–water partition coefficient (Wildman–Crippen LogP) is -0.0991. The number of carbonyl (C=O) groups is 1. The highest BCUT2D eigenvalue weighted by Gasteiger charge is 2.44. The van der Waals surface area contributed by atoms with Crippen molar-refractivity contribution in [1.82, 2.24) is 9.13 Å². The Morgan fingerprint density at radius 3 is 2.35 bits per heavy atom. The molecule has 0 bridgehead atoms. The summed E-state index contributed by atoms with van der Waals surface area (Å²) in [5, 5.41) is 9.33. The second-order valence-electron chi connectivity index (χ2n) is 4.43. The van der Waals surface area contributed by atoms with E-state index in [-0.39, 0.29) is 0 Å². The zero-order valence-corrected chi connectivity index (χ0v) is 9.55. The molecule has 1 aromatic rings. The van der Waals surface area contributed by atoms with Gasteiger partial charge in [-0.2, -0.15) is 0 Å². The van der Waals surface area contributed by atoms with Crippen LogP contribution in [0.15, 0.2) is 22.0 Å². The Labute approximate surface area is 97.1 Å². The fraction of sp³-hybridized carbons (Fsp3) is 0.545. The molecule has 17 heavy (non-hydrogen) atoms. The molecule has 1 aliphatic carbocycles. The van der Waals surface area contributed by atoms with Gasteiger partial charge < -0.3 is 9.67 Å². The molecule has 1 aliphatic rings. The summed E-state index contributed by atoms with van der Waals surface area (Å²) in [5.74, 6) is -1.04. The van der Waals surface area contributed by atoms with Crippen LogP contribution in [0.5, 0.6) is 0 Å². The van der Waals surface area contributed by atoms with E-state index in [9.17, 15) is 19.5 Å². The van der Waals surface area contributed by atoms with Gasteiger partial charge in [0.1, 0.15) is 5.54 Å². The fourth-order valence-electron chi connectivity index (χ4n) is 2.41. The summed E-state index contributed by atoms with van der Waals surface area (Å²) in [4.78, 5) is 34.8. The van der Waals surface area contributed by atoms with E-state index in [2.05, 4.69) is 0 Å². The fourth-order valence-corrected chi connectivity index (χ4v) is 2.41. The van der Waals surface area contributed by atoms with Crippen LogP contribution in [0.3, 0.4) is 0 Å². The molecule has 0 spiro atoms. The maximum atomic E-state index is 11.9. The number of carboxylic acid groups (broad SMARTS) is 1. The van der Waals surface area contributed by atoms with Crippen molar-refractivity contribution in [3.8, 4) is 0 Å². The van der Waals surface area contributed by atoms with Gasteiger partial charge in [-0.1, -0.05) is 12.8 Å². The van der Waals surface area contributed by atoms with Gasteiger partial charge >= 0.3 is 17.1 Å². The predicted molar refractivity (Wildman–Crippen MR) is 60.0 cm³/mol. The minimum Gasteiger partial charge on any atom is -0.479 e. The molecule has 1 fully saturated rings. The van der Waals surface area contributed by atoms with Crippen LogP contribution in [0.4, 0.5) is 0 Å². The summed E-state index contributed by atoms with van der Waals surface area (Å²) in [6.07, 6.45) is 5.13. The van der Waals surface area contributed by atoms with Gasteiger partial charge in [0.2, 0.25) is 0 Å². The number of aryl methyl sites for hydroxylation is 1. The number of hydrogen-bond acceptors (Lipinski definition) is 3. The molecule has 6 heteroatoms. The zero-order chi connectivity index (χ0) is 12.6. The van der Waals surface area contributed by atoms with Crippen molar-refractivity contribution in [3.63, 3.8) is 0 Å². The molecule has 0 amide bonds. The molecule has 1 N–H and O–H groups in total. The lowest BCUT2D eigenvalue weighted by atomic mass is 9.97. The van der Waals surface area contributed by atoms with Crippen LogP contribution in [0.25, 0.3) is 0 Å². The van der Waals surface area contributed by atoms with E-state index in [1.54, 1.807) is 0 Å². The van der Waals surface area contributed by atoms with Gasteiger partial charge in [-0.15, -0.1) is 0 Å². The van der Waals surface area contributed by atoms with Gasteiger partial charge in [0.15, 0.2) is 0 Å². The lowest BCUT2D eigenvalue weighted by molar-refractivity contribution is -0.147. The lowest BCUT2D eigenvalue weighted by Gasteiger charge is -2.26. The average molecular weight is 238 g/mol. The van der Waals surface area contributed by atoms with Crippen molar-refractivity contribution < 1.29 is 9.90 Å². The number of aromatic nitrogens is 2. The Kier molecular flexibility index (Phi) is 2.65. The van der Waals surface area contributed by atoms with Gasteiger partial charge in [-0.3, -0.25) is 14.2 Å². The van der Waals surface area contributed by atoms with Crippen LogP contribution in [0.2, 0.25) is 0 Å². The summed E-state index contributed by atoms with van der Waals surface area (Å²) >= 11 is 0. The van der Waals surface area contributed by atoms with Crippen LogP contribution in [0, 0.1) is 0 Å². The Balaban J connectivity index is 2.68. The van der Waals surface area contributed by atoms with Crippen molar-refractivity contribution in [1.29, 1.82) is 0 Å². The summed E-state index contributed by atoms with van der Waals surface area (Å²) < 4.78 is 2.24. The molecule has 1 heterocycles. The third-order valence-corrected chi connectivity index (χ3v) is 3.45. The summed E-state index contributed by atoms with van der Waals surface area (Å²) in [6.45, 7) is 0. The van der Waals surface area contributed by atoms with Crippen molar-refractivity contribution in [3.05, 3.63) is 33.1 Å². The van der Waals surface area contributed by atoms with Gasteiger partial charge in [0.25, 0.3) is 0 Å². The first-order valence-electron chi connectivity index (χ1n) is 5.51. The zero-order valence-electron chi connectivity index (χ0n) is 9.55. The first kappa shape index (κ1) is 11.6. The number of carboxylic acids is 1. The molecule has 1 aromatic heterocycles. The van der Waals surface area contributed by atoms with Gasteiger partial charge in [0.05, 0.1) is 0 Å². The third kappa shape index (κ3) is 1.60. The molecular formula is C11H14N2O4. The maximum Gasteiger partial charge on any atom is 0.330 e. The van der Waals surface area contributed by atoms with E-state index in [0.717, 1.165) is 22.0 Å². The van der Waals surface area contributed by atoms with Crippen LogP contribution in [0.1, 0.15) is 25.7 Å². The first-order valence-corrected chi connectivity index (χ1v) is 5.51. The van der Waals surface area contributed by atoms with Crippen LogP contribution in [-0.4, -0.2) is 20.2 Å². The Bertz CT molecular complexity index is 564. The number of hydrogen-bond donors (Lipinski definition) is 1. The molecule has 92 valence electrons. The normalized spacial score (nSPS) is 18.2. The standard InChI is InChI=1S/C11H14N2O4/c1-12-6-7-13(9(15)8(12)14)11(10(16)17)4-2-3-5-11/h6-7H,2-5H2,1H3,(H,16,17). The lowest BCUT2D eigenvalue weighted by Crippen LogP contribution is -2.51. The Morgan fingerprint density at radius 1 is 1.24 bits per heavy atom. The smallest absolute Gasteiger partial charge is 0.330 e. The SMILES string of the molecule is Cn1ccn(C2(C(=O)O)CCCC2)c(=O)c1=O. The topological polar surface area (TPSA) is 81.3 Å². The molecule has 0 saturated heterocycles. The molecule has 0 unspecified atom stereocenters. The summed E-state index contributed by atoms with van der Waals surface area (Å²) in [6, 6.07) is 0. The number of nitrogens with zero attached hydrogens (tertiary/aromatic N) is 2. The molecule has 6 nitrogen and oxygen atoms in total. The second kappa shape index (κ2) is 3.87. The monoisotopic (exact) mass is 238 g/mol. The molecular weight excluding hydrogens is 224 g/mol. The molecule has 0 aliphatic heterocycles. The molecule has 0 atom stereocenters. The molecule has 0 radical (unpaired) electrons. The van der Waals surface area contributed by atoms with Crippen molar-refractivity contribution in [2.45, 2.75) is 31.2 Å². The van der Waals surface area contributed by atoms with E-state index >= 15 is 0 Å². The summed E-state index contributed by atoms with van der Waals surface area (Å²) in [5.41, 5.74) is -2.69. The Hall–Kier alpha value is -1.85. The van der Waals surface area contributed by atoms with E-state index in [1.165, 1.54) is 19.4 Å². The quantitative estimate of drug-likeness (QED) is 0.729. The summed E-state index contributed by atoms with van der Waals surface area (Å²) in [7, 11) is 1.47.